The molecule has 1 aliphatic rings. The number of pyridine rings is 1. The number of hydrogen-bond acceptors (Lipinski definition) is 5. The van der Waals surface area contributed by atoms with Crippen molar-refractivity contribution in [3.8, 4) is 0 Å². The van der Waals surface area contributed by atoms with E-state index in [4.69, 9.17) is 0 Å². The fourth-order valence-corrected chi connectivity index (χ4v) is 4.31. The monoisotopic (exact) mass is 301 g/mol. The van der Waals surface area contributed by atoms with Crippen LogP contribution >= 0.6 is 11.8 Å². The molecule has 1 aliphatic heterocycles. The Kier molecular flexibility index (Phi) is 5.20. The van der Waals surface area contributed by atoms with Crippen molar-refractivity contribution >= 4 is 21.8 Å². The quantitative estimate of drug-likeness (QED) is 0.819. The molecule has 0 aromatic carbocycles. The van der Waals surface area contributed by atoms with Crippen LogP contribution in [0.2, 0.25) is 0 Å². The highest BCUT2D eigenvalue weighted by atomic mass is 32.2. The smallest absolute Gasteiger partial charge is 0.258 e. The van der Waals surface area contributed by atoms with Crippen molar-refractivity contribution in [2.75, 3.05) is 18.1 Å². The first-order valence-corrected chi connectivity index (χ1v) is 9.01. The third-order valence-electron chi connectivity index (χ3n) is 2.90. The number of sulfonamides is 1. The molecule has 1 aromatic heterocycles. The average Bonchev–Trinajstić information content (AvgIpc) is 2.89. The fraction of sp³-hybridized carbons (Fsp3) is 0.583. The molecule has 1 atom stereocenters. The lowest BCUT2D eigenvalue weighted by Gasteiger charge is -2.11. The van der Waals surface area contributed by atoms with Crippen LogP contribution in [0.25, 0.3) is 0 Å². The van der Waals surface area contributed by atoms with Gasteiger partial charge in [0.1, 0.15) is 0 Å². The van der Waals surface area contributed by atoms with Gasteiger partial charge in [-0.15, -0.1) is 0 Å². The zero-order valence-corrected chi connectivity index (χ0v) is 12.6. The van der Waals surface area contributed by atoms with Crippen LogP contribution < -0.4 is 10.0 Å². The molecule has 7 heteroatoms. The molecule has 2 rings (SSSR count). The van der Waals surface area contributed by atoms with Crippen LogP contribution in [-0.2, 0) is 16.6 Å². The summed E-state index contributed by atoms with van der Waals surface area (Å²) in [6.07, 6.45) is 2.50. The standard InChI is InChI=1S/C12H19N3O2S2/c1-2-13-7-10-3-4-12(14-8-10)19(16,17)15-11-5-6-18-9-11/h3-4,8,11,13,15H,2,5-7,9H2,1H3. The van der Waals surface area contributed by atoms with Gasteiger partial charge < -0.3 is 5.32 Å². The largest absolute Gasteiger partial charge is 0.313 e. The summed E-state index contributed by atoms with van der Waals surface area (Å²) in [6.45, 7) is 3.60. The molecule has 2 heterocycles. The van der Waals surface area contributed by atoms with Gasteiger partial charge in [0.15, 0.2) is 5.03 Å². The minimum atomic E-state index is -3.48. The first-order valence-electron chi connectivity index (χ1n) is 6.37. The number of aromatic nitrogens is 1. The van der Waals surface area contributed by atoms with Crippen LogP contribution in [0.15, 0.2) is 23.4 Å². The van der Waals surface area contributed by atoms with E-state index in [-0.39, 0.29) is 11.1 Å². The van der Waals surface area contributed by atoms with Crippen molar-refractivity contribution in [1.29, 1.82) is 0 Å². The van der Waals surface area contributed by atoms with E-state index in [9.17, 15) is 8.42 Å². The zero-order chi connectivity index (χ0) is 13.7. The van der Waals surface area contributed by atoms with Gasteiger partial charge in [0, 0.05) is 24.5 Å². The maximum atomic E-state index is 12.1. The summed E-state index contributed by atoms with van der Waals surface area (Å²) in [6, 6.07) is 3.41. The van der Waals surface area contributed by atoms with Gasteiger partial charge in [-0.3, -0.25) is 0 Å². The summed E-state index contributed by atoms with van der Waals surface area (Å²) in [7, 11) is -3.48. The van der Waals surface area contributed by atoms with Gasteiger partial charge >= 0.3 is 0 Å². The van der Waals surface area contributed by atoms with Crippen molar-refractivity contribution < 1.29 is 8.42 Å². The molecule has 1 fully saturated rings. The first-order chi connectivity index (χ1) is 9.12. The van der Waals surface area contributed by atoms with E-state index in [2.05, 4.69) is 15.0 Å². The Balaban J connectivity index is 2.03. The van der Waals surface area contributed by atoms with Crippen LogP contribution in [-0.4, -0.2) is 37.5 Å². The van der Waals surface area contributed by atoms with Crippen molar-refractivity contribution in [2.45, 2.75) is 31.0 Å². The lowest BCUT2D eigenvalue weighted by atomic mass is 10.3. The summed E-state index contributed by atoms with van der Waals surface area (Å²) in [4.78, 5) is 4.05. The highest BCUT2D eigenvalue weighted by molar-refractivity contribution is 7.99. The minimum absolute atomic E-state index is 0.0400. The zero-order valence-electron chi connectivity index (χ0n) is 10.9. The molecule has 0 aliphatic carbocycles. The third kappa shape index (κ3) is 4.17. The van der Waals surface area contributed by atoms with Crippen molar-refractivity contribution in [2.24, 2.45) is 0 Å². The number of hydrogen-bond donors (Lipinski definition) is 2. The lowest BCUT2D eigenvalue weighted by molar-refractivity contribution is 0.559. The normalized spacial score (nSPS) is 19.7. The van der Waals surface area contributed by atoms with Gasteiger partial charge in [0.05, 0.1) is 0 Å². The fourth-order valence-electron chi connectivity index (χ4n) is 1.85. The van der Waals surface area contributed by atoms with Crippen LogP contribution in [0.4, 0.5) is 0 Å². The lowest BCUT2D eigenvalue weighted by Crippen LogP contribution is -2.35. The van der Waals surface area contributed by atoms with Crippen molar-refractivity contribution in [3.05, 3.63) is 23.9 Å². The van der Waals surface area contributed by atoms with Crippen LogP contribution in [0.1, 0.15) is 18.9 Å². The minimum Gasteiger partial charge on any atom is -0.313 e. The van der Waals surface area contributed by atoms with Crippen molar-refractivity contribution in [1.82, 2.24) is 15.0 Å². The van der Waals surface area contributed by atoms with Gasteiger partial charge in [-0.25, -0.2) is 18.1 Å². The molecule has 1 saturated heterocycles. The van der Waals surface area contributed by atoms with E-state index in [1.165, 1.54) is 0 Å². The van der Waals surface area contributed by atoms with Gasteiger partial charge in [-0.2, -0.15) is 11.8 Å². The van der Waals surface area contributed by atoms with E-state index >= 15 is 0 Å². The van der Waals surface area contributed by atoms with Crippen LogP contribution in [0.5, 0.6) is 0 Å². The molecule has 1 aromatic rings. The Morgan fingerprint density at radius 1 is 1.47 bits per heavy atom. The summed E-state index contributed by atoms with van der Waals surface area (Å²) in [5.41, 5.74) is 0.984. The maximum Gasteiger partial charge on any atom is 0.258 e. The van der Waals surface area contributed by atoms with Gasteiger partial charge in [0.2, 0.25) is 0 Å². The molecule has 0 saturated carbocycles. The summed E-state index contributed by atoms with van der Waals surface area (Å²) >= 11 is 1.77. The first kappa shape index (κ1) is 14.8. The molecule has 2 N–H and O–H groups in total. The molecular formula is C12H19N3O2S2. The van der Waals surface area contributed by atoms with E-state index in [0.29, 0.717) is 6.54 Å². The maximum absolute atomic E-state index is 12.1. The predicted molar refractivity (Wildman–Crippen MR) is 77.7 cm³/mol. The predicted octanol–water partition coefficient (Wildman–Crippen LogP) is 0.975. The Hall–Kier alpha value is -0.630. The highest BCUT2D eigenvalue weighted by Gasteiger charge is 2.23. The molecule has 1 unspecified atom stereocenters. The molecule has 0 amide bonds. The second-order valence-electron chi connectivity index (χ2n) is 4.47. The number of rotatable bonds is 6. The molecule has 5 nitrogen and oxygen atoms in total. The topological polar surface area (TPSA) is 71.1 Å². The van der Waals surface area contributed by atoms with E-state index in [1.54, 1.807) is 30.1 Å². The average molecular weight is 301 g/mol. The number of nitrogens with one attached hydrogen (secondary N) is 2. The summed E-state index contributed by atoms with van der Waals surface area (Å²) < 4.78 is 26.9. The Labute approximate surface area is 118 Å². The van der Waals surface area contributed by atoms with Crippen LogP contribution in [0, 0.1) is 0 Å². The van der Waals surface area contributed by atoms with E-state index in [1.807, 2.05) is 6.92 Å². The third-order valence-corrected chi connectivity index (χ3v) is 5.50. The molecule has 0 spiro atoms. The van der Waals surface area contributed by atoms with E-state index < -0.39 is 10.0 Å². The second kappa shape index (κ2) is 6.69. The Morgan fingerprint density at radius 2 is 2.32 bits per heavy atom. The molecule has 0 bridgehead atoms. The van der Waals surface area contributed by atoms with Gasteiger partial charge in [0.25, 0.3) is 10.0 Å². The van der Waals surface area contributed by atoms with E-state index in [0.717, 1.165) is 30.0 Å². The number of thioether (sulfide) groups is 1. The Bertz CT molecular complexity index is 496. The molecule has 19 heavy (non-hydrogen) atoms. The summed E-state index contributed by atoms with van der Waals surface area (Å²) in [5.74, 6) is 1.86. The number of nitrogens with zero attached hydrogens (tertiary/aromatic N) is 1. The highest BCUT2D eigenvalue weighted by Crippen LogP contribution is 2.19. The van der Waals surface area contributed by atoms with Gasteiger partial charge in [-0.05, 0) is 30.3 Å². The summed E-state index contributed by atoms with van der Waals surface area (Å²) in [5, 5.41) is 3.28. The molecule has 0 radical (unpaired) electrons. The van der Waals surface area contributed by atoms with Crippen LogP contribution in [0.3, 0.4) is 0 Å². The molecule has 106 valence electrons. The SMILES string of the molecule is CCNCc1ccc(S(=O)(=O)NC2CCSC2)nc1. The molecular weight excluding hydrogens is 282 g/mol. The van der Waals surface area contributed by atoms with Crippen molar-refractivity contribution in [3.63, 3.8) is 0 Å². The second-order valence-corrected chi connectivity index (χ2v) is 7.28. The van der Waals surface area contributed by atoms with Gasteiger partial charge in [-0.1, -0.05) is 13.0 Å². The Morgan fingerprint density at radius 3 is 2.89 bits per heavy atom.